The van der Waals surface area contributed by atoms with Gasteiger partial charge in [-0.3, -0.25) is 0 Å². The van der Waals surface area contributed by atoms with E-state index in [9.17, 15) is 13.5 Å². The quantitative estimate of drug-likeness (QED) is 0.850. The summed E-state index contributed by atoms with van der Waals surface area (Å²) < 4.78 is 38.9. The molecule has 2 aliphatic rings. The minimum atomic E-state index is -3.62. The zero-order chi connectivity index (χ0) is 18.9. The van der Waals surface area contributed by atoms with Gasteiger partial charge in [0, 0.05) is 25.1 Å². The van der Waals surface area contributed by atoms with E-state index in [-0.39, 0.29) is 17.4 Å². The molecule has 6 nitrogen and oxygen atoms in total. The molecule has 7 heteroatoms. The van der Waals surface area contributed by atoms with Crippen molar-refractivity contribution < 1.29 is 23.0 Å². The van der Waals surface area contributed by atoms with Gasteiger partial charge in [-0.2, -0.15) is 4.31 Å². The van der Waals surface area contributed by atoms with E-state index in [0.29, 0.717) is 37.8 Å². The Morgan fingerprint density at radius 1 is 1.11 bits per heavy atom. The third-order valence-corrected chi connectivity index (χ3v) is 7.36. The van der Waals surface area contributed by atoms with Crippen molar-refractivity contribution in [2.75, 3.05) is 32.9 Å². The number of nitrogens with zero attached hydrogens (tertiary/aromatic N) is 1. The standard InChI is InChI=1S/C20H23NO5S/c22-14-20-13-21(12-16(20)10-11-25-15-20)27(23,24)19-8-6-18(7-9-19)26-17-4-2-1-3-5-17/h1-9,16,22H,10-15H2/t16-,20+/m0/s1. The summed E-state index contributed by atoms with van der Waals surface area (Å²) in [6.07, 6.45) is 0.774. The van der Waals surface area contributed by atoms with Crippen molar-refractivity contribution in [3.8, 4) is 11.5 Å². The van der Waals surface area contributed by atoms with Crippen molar-refractivity contribution in [2.24, 2.45) is 11.3 Å². The minimum Gasteiger partial charge on any atom is -0.457 e. The van der Waals surface area contributed by atoms with E-state index in [0.717, 1.165) is 6.42 Å². The number of hydrogen-bond acceptors (Lipinski definition) is 5. The van der Waals surface area contributed by atoms with Crippen LogP contribution in [0.2, 0.25) is 0 Å². The lowest BCUT2D eigenvalue weighted by atomic mass is 9.76. The van der Waals surface area contributed by atoms with Crippen molar-refractivity contribution >= 4 is 10.0 Å². The molecule has 2 aliphatic heterocycles. The molecule has 0 unspecified atom stereocenters. The topological polar surface area (TPSA) is 76.1 Å². The maximum absolute atomic E-state index is 13.1. The second-order valence-electron chi connectivity index (χ2n) is 7.24. The van der Waals surface area contributed by atoms with Gasteiger partial charge in [0.15, 0.2) is 0 Å². The number of aliphatic hydroxyl groups excluding tert-OH is 1. The summed E-state index contributed by atoms with van der Waals surface area (Å²) in [5, 5.41) is 9.86. The Morgan fingerprint density at radius 3 is 2.48 bits per heavy atom. The molecule has 1 N–H and O–H groups in total. The van der Waals surface area contributed by atoms with Crippen molar-refractivity contribution in [1.29, 1.82) is 0 Å². The molecule has 0 bridgehead atoms. The molecule has 2 aromatic carbocycles. The van der Waals surface area contributed by atoms with E-state index in [2.05, 4.69) is 0 Å². The fourth-order valence-electron chi connectivity index (χ4n) is 3.91. The Bertz CT molecular complexity index is 884. The summed E-state index contributed by atoms with van der Waals surface area (Å²) in [7, 11) is -3.62. The first-order valence-electron chi connectivity index (χ1n) is 9.05. The predicted molar refractivity (Wildman–Crippen MR) is 100 cm³/mol. The highest BCUT2D eigenvalue weighted by Crippen LogP contribution is 2.43. The summed E-state index contributed by atoms with van der Waals surface area (Å²) in [5.41, 5.74) is -0.484. The van der Waals surface area contributed by atoms with Gasteiger partial charge >= 0.3 is 0 Å². The first-order chi connectivity index (χ1) is 13.0. The normalized spacial score (nSPS) is 25.9. The van der Waals surface area contributed by atoms with Crippen LogP contribution in [0, 0.1) is 11.3 Å². The molecule has 0 aromatic heterocycles. The monoisotopic (exact) mass is 389 g/mol. The molecule has 27 heavy (non-hydrogen) atoms. The van der Waals surface area contributed by atoms with Gasteiger partial charge in [-0.25, -0.2) is 8.42 Å². The van der Waals surface area contributed by atoms with Gasteiger partial charge in [-0.1, -0.05) is 18.2 Å². The molecule has 0 saturated carbocycles. The largest absolute Gasteiger partial charge is 0.457 e. The lowest BCUT2D eigenvalue weighted by Crippen LogP contribution is -2.43. The zero-order valence-electron chi connectivity index (χ0n) is 15.0. The fourth-order valence-corrected chi connectivity index (χ4v) is 5.49. The molecule has 0 amide bonds. The molecule has 144 valence electrons. The van der Waals surface area contributed by atoms with Gasteiger partial charge in [0.1, 0.15) is 11.5 Å². The lowest BCUT2D eigenvalue weighted by Gasteiger charge is -2.36. The Kier molecular flexibility index (Phi) is 4.94. The molecule has 4 rings (SSSR count). The molecule has 0 spiro atoms. The first kappa shape index (κ1) is 18.4. The Morgan fingerprint density at radius 2 is 1.81 bits per heavy atom. The van der Waals surface area contributed by atoms with Crippen LogP contribution < -0.4 is 4.74 Å². The van der Waals surface area contributed by atoms with Gasteiger partial charge in [0.25, 0.3) is 0 Å². The smallest absolute Gasteiger partial charge is 0.243 e. The molecule has 0 radical (unpaired) electrons. The average Bonchev–Trinajstić information content (AvgIpc) is 3.10. The van der Waals surface area contributed by atoms with E-state index >= 15 is 0 Å². The van der Waals surface area contributed by atoms with Crippen molar-refractivity contribution in [3.05, 3.63) is 54.6 Å². The molecular weight excluding hydrogens is 366 g/mol. The van der Waals surface area contributed by atoms with Crippen LogP contribution >= 0.6 is 0 Å². The van der Waals surface area contributed by atoms with E-state index in [1.54, 1.807) is 24.3 Å². The predicted octanol–water partition coefficient (Wildman–Crippen LogP) is 2.50. The van der Waals surface area contributed by atoms with Crippen LogP contribution in [0.3, 0.4) is 0 Å². The molecule has 2 aromatic rings. The summed E-state index contributed by atoms with van der Waals surface area (Å²) in [6, 6.07) is 15.8. The molecule has 2 heterocycles. The van der Waals surface area contributed by atoms with Crippen molar-refractivity contribution in [1.82, 2.24) is 4.31 Å². The van der Waals surface area contributed by atoms with E-state index in [1.165, 1.54) is 4.31 Å². The van der Waals surface area contributed by atoms with Crippen LogP contribution in [0.25, 0.3) is 0 Å². The third-order valence-electron chi connectivity index (χ3n) is 5.54. The van der Waals surface area contributed by atoms with Crippen LogP contribution in [0.5, 0.6) is 11.5 Å². The van der Waals surface area contributed by atoms with Crippen molar-refractivity contribution in [3.63, 3.8) is 0 Å². The number of aliphatic hydroxyl groups is 1. The Hall–Kier alpha value is -1.93. The molecular formula is C20H23NO5S. The summed E-state index contributed by atoms with van der Waals surface area (Å²) >= 11 is 0. The number of sulfonamides is 1. The highest BCUT2D eigenvalue weighted by molar-refractivity contribution is 7.89. The number of para-hydroxylation sites is 1. The summed E-state index contributed by atoms with van der Waals surface area (Å²) in [4.78, 5) is 0.232. The zero-order valence-corrected chi connectivity index (χ0v) is 15.8. The molecule has 0 aliphatic carbocycles. The third kappa shape index (κ3) is 3.48. The van der Waals surface area contributed by atoms with Gasteiger partial charge in [0.05, 0.1) is 18.1 Å². The van der Waals surface area contributed by atoms with Gasteiger partial charge in [0.2, 0.25) is 10.0 Å². The SMILES string of the molecule is O=S(=O)(c1ccc(Oc2ccccc2)cc1)N1C[C@@H]2CCOC[C@]2(CO)C1. The van der Waals surface area contributed by atoms with Gasteiger partial charge in [-0.15, -0.1) is 0 Å². The second-order valence-corrected chi connectivity index (χ2v) is 9.18. The molecule has 2 atom stereocenters. The van der Waals surface area contributed by atoms with Crippen LogP contribution in [-0.4, -0.2) is 50.7 Å². The maximum atomic E-state index is 13.1. The average molecular weight is 389 g/mol. The van der Waals surface area contributed by atoms with Crippen molar-refractivity contribution in [2.45, 2.75) is 11.3 Å². The Balaban J connectivity index is 1.52. The van der Waals surface area contributed by atoms with Crippen LogP contribution in [0.15, 0.2) is 59.5 Å². The fraction of sp³-hybridized carbons (Fsp3) is 0.400. The number of rotatable bonds is 5. The van der Waals surface area contributed by atoms with Gasteiger partial charge in [-0.05, 0) is 48.7 Å². The molecule has 2 saturated heterocycles. The second kappa shape index (κ2) is 7.24. The highest BCUT2D eigenvalue weighted by Gasteiger charge is 2.51. The minimum absolute atomic E-state index is 0.0620. The number of benzene rings is 2. The number of fused-ring (bicyclic) bond motifs is 1. The first-order valence-corrected chi connectivity index (χ1v) is 10.5. The van der Waals surface area contributed by atoms with E-state index < -0.39 is 15.4 Å². The lowest BCUT2D eigenvalue weighted by molar-refractivity contribution is -0.0552. The van der Waals surface area contributed by atoms with E-state index in [4.69, 9.17) is 9.47 Å². The number of ether oxygens (including phenoxy) is 2. The molecule has 2 fully saturated rings. The number of hydrogen-bond donors (Lipinski definition) is 1. The highest BCUT2D eigenvalue weighted by atomic mass is 32.2. The summed E-state index contributed by atoms with van der Waals surface area (Å²) in [6.45, 7) is 1.68. The maximum Gasteiger partial charge on any atom is 0.243 e. The van der Waals surface area contributed by atoms with E-state index in [1.807, 2.05) is 30.3 Å². The van der Waals surface area contributed by atoms with Gasteiger partial charge < -0.3 is 14.6 Å². The van der Waals surface area contributed by atoms with Crippen LogP contribution in [0.4, 0.5) is 0 Å². The summed E-state index contributed by atoms with van der Waals surface area (Å²) in [5.74, 6) is 1.41. The van der Waals surface area contributed by atoms with Crippen LogP contribution in [-0.2, 0) is 14.8 Å². The van der Waals surface area contributed by atoms with Crippen LogP contribution in [0.1, 0.15) is 6.42 Å². The Labute approximate surface area is 159 Å².